The number of carbonyl (C=O) groups is 1. The second-order valence-corrected chi connectivity index (χ2v) is 1.10. The van der Waals surface area contributed by atoms with E-state index in [1.165, 1.54) is 6.92 Å². The minimum atomic E-state index is -1.19. The molecule has 0 aliphatic rings. The van der Waals surface area contributed by atoms with Crippen LogP contribution in [0, 0.1) is 0 Å². The monoisotopic (exact) mass is 189 g/mol. The van der Waals surface area contributed by atoms with Gasteiger partial charge in [-0.25, -0.2) is 0 Å². The summed E-state index contributed by atoms with van der Waals surface area (Å²) in [5, 5.41) is 0. The van der Waals surface area contributed by atoms with Crippen molar-refractivity contribution in [2.24, 2.45) is 0 Å². The van der Waals surface area contributed by atoms with Gasteiger partial charge in [-0.2, -0.15) is 0 Å². The normalized spacial score (nSPS) is 7.56. The molecule has 0 aliphatic carbocycles. The van der Waals surface area contributed by atoms with Crippen LogP contribution in [0.3, 0.4) is 0 Å². The molecule has 0 amide bonds. The van der Waals surface area contributed by atoms with Crippen LogP contribution in [-0.2, 0) is 25.4 Å². The molecule has 9 heavy (non-hydrogen) atoms. The fraction of sp³-hybridized carbons (Fsp3) is 0.750. The van der Waals surface area contributed by atoms with Crippen molar-refractivity contribution < 1.29 is 32.5 Å². The third kappa shape index (κ3) is 33.1. The summed E-state index contributed by atoms with van der Waals surface area (Å²) in [7, 11) is 0. The maximum atomic E-state index is 9.82. The van der Waals surface area contributed by atoms with Crippen LogP contribution in [-0.4, -0.2) is 12.6 Å². The summed E-state index contributed by atoms with van der Waals surface area (Å²) in [6.07, 6.45) is 0. The summed E-state index contributed by atoms with van der Waals surface area (Å²) in [6, 6.07) is 0. The number of hydrogen-bond donors (Lipinski definition) is 0. The van der Waals surface area contributed by atoms with E-state index in [4.69, 9.17) is 0 Å². The van der Waals surface area contributed by atoms with Crippen molar-refractivity contribution in [1.82, 2.24) is 0 Å². The van der Waals surface area contributed by atoms with Gasteiger partial charge < -0.3 is 4.74 Å². The molecule has 0 rings (SSSR count). The Balaban J connectivity index is 0. The van der Waals surface area contributed by atoms with Gasteiger partial charge in [-0.05, 0) is 6.92 Å². The van der Waals surface area contributed by atoms with Gasteiger partial charge >= 0.3 is 28.9 Å². The van der Waals surface area contributed by atoms with E-state index in [1.807, 2.05) is 0 Å². The van der Waals surface area contributed by atoms with E-state index in [1.54, 1.807) is 6.92 Å². The topological polar surface area (TPSA) is 26.3 Å². The van der Waals surface area contributed by atoms with Gasteiger partial charge in [0.25, 0.3) is 0 Å². The molecule has 0 heterocycles. The Labute approximate surface area is 59.7 Å². The van der Waals surface area contributed by atoms with Gasteiger partial charge in [-0.1, -0.05) is 0 Å². The van der Waals surface area contributed by atoms with Gasteiger partial charge in [0.05, 0.1) is 6.61 Å². The van der Waals surface area contributed by atoms with Gasteiger partial charge in [0, 0.05) is 6.92 Å². The predicted octanol–water partition coefficient (Wildman–Crippen LogP) is 1.41. The van der Waals surface area contributed by atoms with Crippen molar-refractivity contribution in [2.45, 2.75) is 13.8 Å². The van der Waals surface area contributed by atoms with Crippen LogP contribution in [0.2, 0.25) is 0 Å². The average Bonchev–Trinajstić information content (AvgIpc) is 1.67. The molecule has 0 aromatic carbocycles. The first-order valence-electron chi connectivity index (χ1n) is 2.13. The molecule has 5 heteroatoms. The molecule has 0 aliphatic heterocycles. The van der Waals surface area contributed by atoms with Crippen molar-refractivity contribution in [2.75, 3.05) is 6.61 Å². The zero-order valence-corrected chi connectivity index (χ0v) is 6.02. The summed E-state index contributed by atoms with van der Waals surface area (Å²) < 4.78 is 23.5. The van der Waals surface area contributed by atoms with Crippen molar-refractivity contribution >= 4 is 5.97 Å². The summed E-state index contributed by atoms with van der Waals surface area (Å²) in [4.78, 5) is 9.82. The van der Waals surface area contributed by atoms with E-state index >= 15 is 0 Å². The van der Waals surface area contributed by atoms with Gasteiger partial charge in [-0.3, -0.25) is 4.79 Å². The van der Waals surface area contributed by atoms with E-state index in [0.717, 1.165) is 0 Å². The molecule has 0 fully saturated rings. The summed E-state index contributed by atoms with van der Waals surface area (Å²) >= 11 is -1.19. The molecule has 0 aromatic rings. The molecule has 0 saturated carbocycles. The van der Waals surface area contributed by atoms with Crippen LogP contribution < -0.4 is 0 Å². The number of halogens is 2. The number of rotatable bonds is 1. The molecular formula is C4H8CuF2O2. The van der Waals surface area contributed by atoms with E-state index in [2.05, 4.69) is 4.74 Å². The van der Waals surface area contributed by atoms with Crippen molar-refractivity contribution in [3.8, 4) is 0 Å². The van der Waals surface area contributed by atoms with Crippen LogP contribution in [0.4, 0.5) is 7.10 Å². The summed E-state index contributed by atoms with van der Waals surface area (Å²) in [5.74, 6) is -0.211. The van der Waals surface area contributed by atoms with Crippen LogP contribution in [0.1, 0.15) is 13.8 Å². The molecule has 61 valence electrons. The molecule has 0 N–H and O–H groups in total. The zero-order valence-electron chi connectivity index (χ0n) is 5.08. The fourth-order valence-electron chi connectivity index (χ4n) is 0.203. The fourth-order valence-corrected chi connectivity index (χ4v) is 0.203. The predicted molar refractivity (Wildman–Crippen MR) is 24.5 cm³/mol. The third-order valence-corrected chi connectivity index (χ3v) is 0.348. The number of hydrogen-bond acceptors (Lipinski definition) is 2. The second-order valence-electron chi connectivity index (χ2n) is 0.968. The van der Waals surface area contributed by atoms with Gasteiger partial charge in [0.1, 0.15) is 0 Å². The van der Waals surface area contributed by atoms with Crippen LogP contribution >= 0.6 is 0 Å². The molecule has 0 unspecified atom stereocenters. The van der Waals surface area contributed by atoms with Crippen LogP contribution in [0.5, 0.6) is 0 Å². The third-order valence-electron chi connectivity index (χ3n) is 0.348. The Kier molecular flexibility index (Phi) is 13.9. The quantitative estimate of drug-likeness (QED) is 0.461. The Morgan fingerprint density at radius 1 is 1.67 bits per heavy atom. The molecule has 0 aromatic heterocycles. The van der Waals surface area contributed by atoms with E-state index in [0.29, 0.717) is 6.61 Å². The molecule has 0 spiro atoms. The summed E-state index contributed by atoms with van der Waals surface area (Å²) in [5.41, 5.74) is 0. The summed E-state index contributed by atoms with van der Waals surface area (Å²) in [6.45, 7) is 3.65. The number of ether oxygens (including phenoxy) is 1. The standard InChI is InChI=1S/C4H8O2.Cu.2FH/c1-3-6-4(2)5;;;/h3H2,1-2H3;;2*1H/q;+2;;/p-2. The minimum absolute atomic E-state index is 0.211. The van der Waals surface area contributed by atoms with E-state index < -0.39 is 15.9 Å². The van der Waals surface area contributed by atoms with Crippen molar-refractivity contribution in [3.05, 3.63) is 0 Å². The Morgan fingerprint density at radius 3 is 2.00 bits per heavy atom. The van der Waals surface area contributed by atoms with Gasteiger partial charge in [0.15, 0.2) is 0 Å². The van der Waals surface area contributed by atoms with E-state index in [9.17, 15) is 11.9 Å². The van der Waals surface area contributed by atoms with Crippen LogP contribution in [0.15, 0.2) is 0 Å². The second kappa shape index (κ2) is 10.8. The Hall–Kier alpha value is -0.151. The molecule has 0 saturated heterocycles. The average molecular weight is 190 g/mol. The van der Waals surface area contributed by atoms with Crippen molar-refractivity contribution in [1.29, 1.82) is 0 Å². The number of esters is 1. The van der Waals surface area contributed by atoms with Gasteiger partial charge in [0.2, 0.25) is 0 Å². The molecule has 0 atom stereocenters. The van der Waals surface area contributed by atoms with Crippen LogP contribution in [0.25, 0.3) is 0 Å². The Bertz CT molecular complexity index is 69.6. The number of carbonyl (C=O) groups excluding carboxylic acids is 1. The molecule has 0 radical (unpaired) electrons. The first kappa shape index (κ1) is 11.6. The first-order valence-corrected chi connectivity index (χ1v) is 2.84. The molecule has 0 bridgehead atoms. The molecular weight excluding hydrogens is 182 g/mol. The Morgan fingerprint density at radius 2 is 2.00 bits per heavy atom. The zero-order chi connectivity index (χ0) is 7.70. The maximum absolute atomic E-state index is 9.82. The molecule has 2 nitrogen and oxygen atoms in total. The van der Waals surface area contributed by atoms with E-state index in [-0.39, 0.29) is 5.97 Å². The van der Waals surface area contributed by atoms with Crippen molar-refractivity contribution in [3.63, 3.8) is 0 Å². The first-order chi connectivity index (χ1) is 4.18. The van der Waals surface area contributed by atoms with Gasteiger partial charge in [-0.15, -0.1) is 0 Å². The SMILES string of the molecule is CCOC(C)=O.[F][Cu][F].